The van der Waals surface area contributed by atoms with Crippen molar-refractivity contribution in [2.45, 2.75) is 52.4 Å². The highest BCUT2D eigenvalue weighted by molar-refractivity contribution is 5.75. The number of hydrogen-bond donors (Lipinski definition) is 2. The molecule has 0 heterocycles. The van der Waals surface area contributed by atoms with E-state index < -0.39 is 0 Å². The van der Waals surface area contributed by atoms with Gasteiger partial charge in [-0.1, -0.05) is 26.7 Å². The Morgan fingerprint density at radius 2 is 1.12 bits per heavy atom. The summed E-state index contributed by atoms with van der Waals surface area (Å²) in [6.07, 6.45) is 5.53. The first kappa shape index (κ1) is 17.3. The molecule has 0 atom stereocenters. The van der Waals surface area contributed by atoms with Crippen LogP contribution in [0.15, 0.2) is 0 Å². The molecular weight excluding hydrogens is 204 g/mol. The van der Waals surface area contributed by atoms with Crippen molar-refractivity contribution in [3.63, 3.8) is 0 Å². The van der Waals surface area contributed by atoms with Gasteiger partial charge in [0.25, 0.3) is 0 Å². The SMILES string of the molecule is CCCCC(=O)NC.CCCCC(=O)NC. The quantitative estimate of drug-likeness (QED) is 0.731. The minimum absolute atomic E-state index is 0.145. The normalized spacial score (nSPS) is 8.75. The van der Waals surface area contributed by atoms with Gasteiger partial charge in [-0.2, -0.15) is 0 Å². The largest absolute Gasteiger partial charge is 0.359 e. The van der Waals surface area contributed by atoms with Crippen molar-refractivity contribution in [2.75, 3.05) is 14.1 Å². The van der Waals surface area contributed by atoms with Gasteiger partial charge in [-0.3, -0.25) is 9.59 Å². The summed E-state index contributed by atoms with van der Waals surface area (Å²) in [4.78, 5) is 20.9. The molecule has 0 saturated carbocycles. The highest BCUT2D eigenvalue weighted by Gasteiger charge is 1.93. The van der Waals surface area contributed by atoms with Crippen LogP contribution in [0.4, 0.5) is 0 Å². The predicted molar refractivity (Wildman–Crippen MR) is 67.2 cm³/mol. The maximum atomic E-state index is 10.5. The second-order valence-corrected chi connectivity index (χ2v) is 3.55. The van der Waals surface area contributed by atoms with Crippen molar-refractivity contribution in [3.8, 4) is 0 Å². The Morgan fingerprint density at radius 1 is 0.812 bits per heavy atom. The van der Waals surface area contributed by atoms with Gasteiger partial charge in [0.1, 0.15) is 0 Å². The van der Waals surface area contributed by atoms with Crippen molar-refractivity contribution < 1.29 is 9.59 Å². The van der Waals surface area contributed by atoms with Crippen molar-refractivity contribution in [1.29, 1.82) is 0 Å². The molecule has 0 aromatic carbocycles. The average molecular weight is 230 g/mol. The van der Waals surface area contributed by atoms with Crippen LogP contribution in [0.1, 0.15) is 52.4 Å². The van der Waals surface area contributed by atoms with E-state index in [9.17, 15) is 9.59 Å². The fourth-order valence-electron chi connectivity index (χ4n) is 0.925. The highest BCUT2D eigenvalue weighted by Crippen LogP contribution is 1.91. The van der Waals surface area contributed by atoms with Crippen LogP contribution in [0.2, 0.25) is 0 Å². The van der Waals surface area contributed by atoms with Crippen LogP contribution in [0.25, 0.3) is 0 Å². The maximum absolute atomic E-state index is 10.5. The van der Waals surface area contributed by atoms with E-state index >= 15 is 0 Å². The Kier molecular flexibility index (Phi) is 15.1. The monoisotopic (exact) mass is 230 g/mol. The van der Waals surface area contributed by atoms with Gasteiger partial charge in [0.15, 0.2) is 0 Å². The lowest BCUT2D eigenvalue weighted by molar-refractivity contribution is -0.121. The number of carbonyl (C=O) groups excluding carboxylic acids is 2. The minimum Gasteiger partial charge on any atom is -0.359 e. The number of unbranched alkanes of at least 4 members (excludes halogenated alkanes) is 2. The Balaban J connectivity index is 0. The van der Waals surface area contributed by atoms with Crippen LogP contribution >= 0.6 is 0 Å². The van der Waals surface area contributed by atoms with Crippen LogP contribution in [0.3, 0.4) is 0 Å². The summed E-state index contributed by atoms with van der Waals surface area (Å²) >= 11 is 0. The van der Waals surface area contributed by atoms with E-state index in [1.54, 1.807) is 14.1 Å². The lowest BCUT2D eigenvalue weighted by atomic mass is 10.2. The first-order valence-electron chi connectivity index (χ1n) is 6.03. The number of hydrogen-bond acceptors (Lipinski definition) is 2. The van der Waals surface area contributed by atoms with E-state index in [-0.39, 0.29) is 11.8 Å². The topological polar surface area (TPSA) is 58.2 Å². The Hall–Kier alpha value is -1.06. The Labute approximate surface area is 99.2 Å². The molecule has 0 aliphatic heterocycles. The van der Waals surface area contributed by atoms with E-state index in [1.807, 2.05) is 0 Å². The second kappa shape index (κ2) is 13.9. The summed E-state index contributed by atoms with van der Waals surface area (Å²) in [5.41, 5.74) is 0. The molecular formula is C12H26N2O2. The molecule has 0 aromatic heterocycles. The van der Waals surface area contributed by atoms with Crippen LogP contribution in [0.5, 0.6) is 0 Å². The van der Waals surface area contributed by atoms with Crippen LogP contribution in [-0.2, 0) is 9.59 Å². The average Bonchev–Trinajstić information content (AvgIpc) is 2.33. The predicted octanol–water partition coefficient (Wildman–Crippen LogP) is 1.85. The summed E-state index contributed by atoms with van der Waals surface area (Å²) in [6.45, 7) is 4.14. The standard InChI is InChI=1S/2C6H13NO/c2*1-3-4-5-6(8)7-2/h2*3-5H2,1-2H3,(H,7,8). The number of nitrogens with one attached hydrogen (secondary N) is 2. The van der Waals surface area contributed by atoms with Gasteiger partial charge in [-0.15, -0.1) is 0 Å². The molecule has 0 bridgehead atoms. The molecule has 0 rings (SSSR count). The third-order valence-corrected chi connectivity index (χ3v) is 2.07. The second-order valence-electron chi connectivity index (χ2n) is 3.55. The third kappa shape index (κ3) is 15.4. The molecule has 0 saturated heterocycles. The molecule has 4 nitrogen and oxygen atoms in total. The fraction of sp³-hybridized carbons (Fsp3) is 0.833. The van der Waals surface area contributed by atoms with Crippen LogP contribution in [-0.4, -0.2) is 25.9 Å². The summed E-state index contributed by atoms with van der Waals surface area (Å²) < 4.78 is 0. The van der Waals surface area contributed by atoms with Crippen molar-refractivity contribution in [1.82, 2.24) is 10.6 Å². The van der Waals surface area contributed by atoms with Crippen LogP contribution < -0.4 is 10.6 Å². The van der Waals surface area contributed by atoms with Crippen molar-refractivity contribution in [3.05, 3.63) is 0 Å². The van der Waals surface area contributed by atoms with Gasteiger partial charge < -0.3 is 10.6 Å². The molecule has 0 aromatic rings. The summed E-state index contributed by atoms with van der Waals surface area (Å²) in [7, 11) is 3.33. The zero-order chi connectivity index (χ0) is 12.8. The molecule has 0 spiro atoms. The fourth-order valence-corrected chi connectivity index (χ4v) is 0.925. The molecule has 0 fully saturated rings. The minimum atomic E-state index is 0.145. The highest BCUT2D eigenvalue weighted by atomic mass is 16.2. The van der Waals surface area contributed by atoms with Gasteiger partial charge in [0.2, 0.25) is 11.8 Å². The molecule has 2 amide bonds. The summed E-state index contributed by atoms with van der Waals surface area (Å²) in [6, 6.07) is 0. The van der Waals surface area contributed by atoms with E-state index in [4.69, 9.17) is 0 Å². The van der Waals surface area contributed by atoms with Gasteiger partial charge in [0.05, 0.1) is 0 Å². The Morgan fingerprint density at radius 3 is 1.31 bits per heavy atom. The zero-order valence-electron chi connectivity index (χ0n) is 11.1. The number of rotatable bonds is 6. The molecule has 0 unspecified atom stereocenters. The maximum Gasteiger partial charge on any atom is 0.219 e. The smallest absolute Gasteiger partial charge is 0.219 e. The molecule has 4 heteroatoms. The van der Waals surface area contributed by atoms with Gasteiger partial charge >= 0.3 is 0 Å². The van der Waals surface area contributed by atoms with Crippen molar-refractivity contribution in [2.24, 2.45) is 0 Å². The van der Waals surface area contributed by atoms with Gasteiger partial charge in [-0.05, 0) is 12.8 Å². The third-order valence-electron chi connectivity index (χ3n) is 2.07. The van der Waals surface area contributed by atoms with Gasteiger partial charge in [0, 0.05) is 26.9 Å². The zero-order valence-corrected chi connectivity index (χ0v) is 11.1. The first-order valence-corrected chi connectivity index (χ1v) is 6.03. The van der Waals surface area contributed by atoms with Gasteiger partial charge in [-0.25, -0.2) is 0 Å². The lowest BCUT2D eigenvalue weighted by Gasteiger charge is -1.94. The van der Waals surface area contributed by atoms with E-state index in [2.05, 4.69) is 24.5 Å². The Bertz CT molecular complexity index is 162. The van der Waals surface area contributed by atoms with E-state index in [1.165, 1.54) is 0 Å². The summed E-state index contributed by atoms with van der Waals surface area (Å²) in [5, 5.41) is 5.12. The van der Waals surface area contributed by atoms with Crippen molar-refractivity contribution >= 4 is 11.8 Å². The molecule has 16 heavy (non-hydrogen) atoms. The molecule has 96 valence electrons. The van der Waals surface area contributed by atoms with E-state index in [0.717, 1.165) is 25.7 Å². The van der Waals surface area contributed by atoms with E-state index in [0.29, 0.717) is 12.8 Å². The molecule has 2 N–H and O–H groups in total. The number of amides is 2. The molecule has 0 aliphatic carbocycles. The van der Waals surface area contributed by atoms with Crippen LogP contribution in [0, 0.1) is 0 Å². The summed E-state index contributed by atoms with van der Waals surface area (Å²) in [5.74, 6) is 0.290. The number of carbonyl (C=O) groups is 2. The molecule has 0 aliphatic rings. The molecule has 0 radical (unpaired) electrons. The lowest BCUT2D eigenvalue weighted by Crippen LogP contribution is -2.16. The first-order chi connectivity index (χ1) is 7.62.